The zero-order valence-electron chi connectivity index (χ0n) is 14.5. The minimum atomic E-state index is -0.402. The van der Waals surface area contributed by atoms with Gasteiger partial charge in [0.2, 0.25) is 10.7 Å². The molecule has 0 radical (unpaired) electrons. The minimum Gasteiger partial charge on any atom is -0.318 e. The number of nitrogens with zero attached hydrogens (tertiary/aromatic N) is 3. The van der Waals surface area contributed by atoms with E-state index in [4.69, 9.17) is 0 Å². The first-order valence-electron chi connectivity index (χ1n) is 8.37. The Hall–Kier alpha value is -3.39. The molecule has 3 aromatic rings. The summed E-state index contributed by atoms with van der Waals surface area (Å²) in [4.78, 5) is 25.3. The Balaban J connectivity index is 1.54. The number of aromatic nitrogens is 1. The van der Waals surface area contributed by atoms with Gasteiger partial charge in [0, 0.05) is 13.5 Å². The highest BCUT2D eigenvalue weighted by Gasteiger charge is 2.23. The van der Waals surface area contributed by atoms with Crippen LogP contribution in [0.3, 0.4) is 0 Å². The summed E-state index contributed by atoms with van der Waals surface area (Å²) in [6, 6.07) is 17.1. The van der Waals surface area contributed by atoms with Crippen LogP contribution in [0.25, 0.3) is 10.2 Å². The van der Waals surface area contributed by atoms with Crippen molar-refractivity contribution >= 4 is 39.1 Å². The molecule has 136 valence electrons. The Bertz CT molecular complexity index is 1110. The van der Waals surface area contributed by atoms with Gasteiger partial charge < -0.3 is 4.57 Å². The van der Waals surface area contributed by atoms with Crippen LogP contribution in [-0.4, -0.2) is 16.4 Å². The highest BCUT2D eigenvalue weighted by atomic mass is 32.1. The van der Waals surface area contributed by atoms with Crippen molar-refractivity contribution in [3.8, 4) is 0 Å². The van der Waals surface area contributed by atoms with Gasteiger partial charge in [-0.1, -0.05) is 41.7 Å². The second-order valence-electron chi connectivity index (χ2n) is 5.96. The summed E-state index contributed by atoms with van der Waals surface area (Å²) in [6.07, 6.45) is 1.71. The molecule has 0 spiro atoms. The fourth-order valence-electron chi connectivity index (χ4n) is 2.79. The zero-order valence-corrected chi connectivity index (χ0v) is 15.4. The second kappa shape index (κ2) is 7.08. The SMILES string of the molecule is Cn1c(=NNC(=O)C2=CCC(=O)N(c3ccccc3)N2)sc2ccccc21. The van der Waals surface area contributed by atoms with E-state index in [1.165, 1.54) is 16.3 Å². The van der Waals surface area contributed by atoms with Gasteiger partial charge in [0.05, 0.1) is 15.9 Å². The normalized spacial score (nSPS) is 14.9. The molecule has 0 aliphatic carbocycles. The molecule has 0 atom stereocenters. The molecule has 4 rings (SSSR count). The van der Waals surface area contributed by atoms with Crippen LogP contribution in [0.2, 0.25) is 0 Å². The van der Waals surface area contributed by atoms with Crippen molar-refractivity contribution in [2.24, 2.45) is 12.1 Å². The monoisotopic (exact) mass is 379 g/mol. The topological polar surface area (TPSA) is 78.7 Å². The van der Waals surface area contributed by atoms with Crippen LogP contribution in [-0.2, 0) is 16.6 Å². The molecule has 0 saturated heterocycles. The predicted molar refractivity (Wildman–Crippen MR) is 104 cm³/mol. The Morgan fingerprint density at radius 1 is 1.15 bits per heavy atom. The number of benzene rings is 2. The Morgan fingerprint density at radius 2 is 1.89 bits per heavy atom. The van der Waals surface area contributed by atoms with E-state index in [-0.39, 0.29) is 18.0 Å². The van der Waals surface area contributed by atoms with Crippen molar-refractivity contribution in [3.05, 3.63) is 71.2 Å². The van der Waals surface area contributed by atoms with E-state index >= 15 is 0 Å². The summed E-state index contributed by atoms with van der Waals surface area (Å²) in [7, 11) is 1.90. The van der Waals surface area contributed by atoms with Gasteiger partial charge in [0.15, 0.2) is 0 Å². The molecule has 0 bridgehead atoms. The molecule has 7 nitrogen and oxygen atoms in total. The van der Waals surface area contributed by atoms with Crippen molar-refractivity contribution in [1.82, 2.24) is 15.4 Å². The van der Waals surface area contributed by atoms with E-state index in [1.807, 2.05) is 54.1 Å². The number of hydrazine groups is 1. The highest BCUT2D eigenvalue weighted by molar-refractivity contribution is 7.16. The van der Waals surface area contributed by atoms with Crippen LogP contribution >= 0.6 is 11.3 Å². The number of fused-ring (bicyclic) bond motifs is 1. The third-order valence-corrected chi connectivity index (χ3v) is 5.30. The van der Waals surface area contributed by atoms with E-state index in [0.717, 1.165) is 10.2 Å². The van der Waals surface area contributed by atoms with Gasteiger partial charge in [-0.05, 0) is 30.3 Å². The number of nitrogens with one attached hydrogen (secondary N) is 2. The third kappa shape index (κ3) is 3.34. The van der Waals surface area contributed by atoms with Gasteiger partial charge in [0.1, 0.15) is 5.70 Å². The maximum Gasteiger partial charge on any atom is 0.289 e. The summed E-state index contributed by atoms with van der Waals surface area (Å²) >= 11 is 1.49. The number of carbonyl (C=O) groups excluding carboxylic acids is 2. The summed E-state index contributed by atoms with van der Waals surface area (Å²) < 4.78 is 3.01. The van der Waals surface area contributed by atoms with Crippen LogP contribution in [0.5, 0.6) is 0 Å². The maximum absolute atomic E-state index is 12.5. The first-order chi connectivity index (χ1) is 13.1. The molecule has 1 aliphatic heterocycles. The molecular weight excluding hydrogens is 362 g/mol. The number of aryl methyl sites for hydroxylation is 1. The lowest BCUT2D eigenvalue weighted by Crippen LogP contribution is -2.48. The van der Waals surface area contributed by atoms with Gasteiger partial charge in [-0.2, -0.15) is 0 Å². The molecule has 1 aliphatic rings. The molecule has 2 aromatic carbocycles. The van der Waals surface area contributed by atoms with Gasteiger partial charge in [0.25, 0.3) is 5.91 Å². The Kier molecular flexibility index (Phi) is 4.47. The zero-order chi connectivity index (χ0) is 18.8. The van der Waals surface area contributed by atoms with Crippen molar-refractivity contribution in [2.45, 2.75) is 6.42 Å². The number of amides is 2. The lowest BCUT2D eigenvalue weighted by atomic mass is 10.2. The standard InChI is InChI=1S/C19H17N5O2S/c1-23-15-9-5-6-10-16(15)27-19(23)21-20-18(26)14-11-12-17(25)24(22-14)13-7-3-2-4-8-13/h2-11,22H,12H2,1H3,(H,20,26). The molecule has 27 heavy (non-hydrogen) atoms. The summed E-state index contributed by atoms with van der Waals surface area (Å²) in [6.45, 7) is 0. The smallest absolute Gasteiger partial charge is 0.289 e. The van der Waals surface area contributed by atoms with Crippen LogP contribution in [0.15, 0.2) is 71.5 Å². The number of hydrogen-bond acceptors (Lipinski definition) is 5. The Labute approximate surface area is 159 Å². The van der Waals surface area contributed by atoms with Gasteiger partial charge >= 0.3 is 0 Å². The molecule has 1 aromatic heterocycles. The fraction of sp³-hybridized carbons (Fsp3) is 0.105. The molecular formula is C19H17N5O2S. The van der Waals surface area contributed by atoms with Gasteiger partial charge in [-0.15, -0.1) is 5.10 Å². The largest absolute Gasteiger partial charge is 0.318 e. The lowest BCUT2D eigenvalue weighted by Gasteiger charge is -2.28. The van der Waals surface area contributed by atoms with Crippen LogP contribution in [0.1, 0.15) is 6.42 Å². The molecule has 0 fully saturated rings. The Morgan fingerprint density at radius 3 is 2.67 bits per heavy atom. The van der Waals surface area contributed by atoms with Gasteiger partial charge in [-0.25, -0.2) is 10.4 Å². The highest BCUT2D eigenvalue weighted by Crippen LogP contribution is 2.17. The van der Waals surface area contributed by atoms with Crippen LogP contribution < -0.4 is 20.7 Å². The van der Waals surface area contributed by atoms with Crippen molar-refractivity contribution in [1.29, 1.82) is 0 Å². The van der Waals surface area contributed by atoms with Crippen LogP contribution in [0, 0.1) is 0 Å². The third-order valence-electron chi connectivity index (χ3n) is 4.19. The van der Waals surface area contributed by atoms with Gasteiger partial charge in [-0.3, -0.25) is 15.0 Å². The summed E-state index contributed by atoms with van der Waals surface area (Å²) in [5, 5.41) is 5.60. The average Bonchev–Trinajstić information content (AvgIpc) is 3.03. The maximum atomic E-state index is 12.5. The minimum absolute atomic E-state index is 0.134. The van der Waals surface area contributed by atoms with Crippen molar-refractivity contribution in [2.75, 3.05) is 5.01 Å². The second-order valence-corrected chi connectivity index (χ2v) is 6.97. The molecule has 0 unspecified atom stereocenters. The molecule has 2 heterocycles. The van der Waals surface area contributed by atoms with Crippen molar-refractivity contribution < 1.29 is 9.59 Å². The molecule has 0 saturated carbocycles. The molecule has 8 heteroatoms. The summed E-state index contributed by atoms with van der Waals surface area (Å²) in [5.74, 6) is -0.536. The summed E-state index contributed by atoms with van der Waals surface area (Å²) in [5.41, 5.74) is 7.44. The van der Waals surface area contributed by atoms with E-state index < -0.39 is 5.91 Å². The first-order valence-corrected chi connectivity index (χ1v) is 9.18. The van der Waals surface area contributed by atoms with E-state index in [2.05, 4.69) is 16.0 Å². The van der Waals surface area contributed by atoms with Crippen LogP contribution in [0.4, 0.5) is 5.69 Å². The number of hydrogen-bond donors (Lipinski definition) is 2. The molecule has 2 amide bonds. The van der Waals surface area contributed by atoms with Crippen molar-refractivity contribution in [3.63, 3.8) is 0 Å². The number of para-hydroxylation sites is 2. The number of anilines is 1. The number of carbonyl (C=O) groups is 2. The fourth-order valence-corrected chi connectivity index (χ4v) is 3.76. The van der Waals surface area contributed by atoms with E-state index in [0.29, 0.717) is 10.5 Å². The van der Waals surface area contributed by atoms with E-state index in [1.54, 1.807) is 18.2 Å². The number of thiazole rings is 1. The molecule has 2 N–H and O–H groups in total. The quantitative estimate of drug-likeness (QED) is 0.683. The lowest BCUT2D eigenvalue weighted by molar-refractivity contribution is -0.120. The first kappa shape index (κ1) is 17.0. The number of rotatable bonds is 3. The van der Waals surface area contributed by atoms with E-state index in [9.17, 15) is 9.59 Å². The average molecular weight is 379 g/mol. The predicted octanol–water partition coefficient (Wildman–Crippen LogP) is 2.00.